The summed E-state index contributed by atoms with van der Waals surface area (Å²) in [6.07, 6.45) is 15.4. The van der Waals surface area contributed by atoms with Gasteiger partial charge in [-0.3, -0.25) is 20.4 Å². The second kappa shape index (κ2) is 20.4. The highest BCUT2D eigenvalue weighted by molar-refractivity contribution is 5.98. The maximum atomic E-state index is 13.2. The smallest absolute Gasteiger partial charge is 0.244 e. The number of anilines is 2. The Bertz CT molecular complexity index is 1340. The number of hydrogen-bond acceptors (Lipinski definition) is 4. The zero-order chi connectivity index (χ0) is 34.8. The van der Waals surface area contributed by atoms with E-state index in [0.717, 1.165) is 45.3 Å². The molecule has 0 aromatic heterocycles. The molecule has 268 valence electrons. The first kappa shape index (κ1) is 37.7. The number of benzene rings is 2. The molecule has 4 N–H and O–H groups in total. The zero-order valence-electron chi connectivity index (χ0n) is 30.0. The van der Waals surface area contributed by atoms with Crippen molar-refractivity contribution in [2.24, 2.45) is 0 Å². The number of amides is 2. The third kappa shape index (κ3) is 12.4. The van der Waals surface area contributed by atoms with Crippen LogP contribution in [0.25, 0.3) is 0 Å². The van der Waals surface area contributed by atoms with Crippen LogP contribution in [-0.2, 0) is 16.0 Å². The number of rotatable bonds is 22. The Morgan fingerprint density at radius 2 is 1.20 bits per heavy atom. The van der Waals surface area contributed by atoms with Crippen LogP contribution in [0.15, 0.2) is 54.6 Å². The summed E-state index contributed by atoms with van der Waals surface area (Å²) in [4.78, 5) is 34.1. The molecule has 0 saturated carbocycles. The van der Waals surface area contributed by atoms with E-state index in [0.29, 0.717) is 36.4 Å². The molecule has 2 fully saturated rings. The van der Waals surface area contributed by atoms with E-state index in [4.69, 9.17) is 10.8 Å². The van der Waals surface area contributed by atoms with Crippen LogP contribution in [0, 0.1) is 10.8 Å². The number of carbonyl (C=O) groups is 2. The van der Waals surface area contributed by atoms with E-state index >= 15 is 0 Å². The average Bonchev–Trinajstić information content (AvgIpc) is 3.57. The van der Waals surface area contributed by atoms with Crippen LogP contribution in [0.2, 0.25) is 0 Å². The lowest BCUT2D eigenvalue weighted by molar-refractivity contribution is -0.117. The Morgan fingerprint density at radius 3 is 1.84 bits per heavy atom. The number of unbranched alkanes of at least 4 members (excludes halogenated alkanes) is 10. The van der Waals surface area contributed by atoms with Crippen molar-refractivity contribution in [2.75, 3.05) is 56.4 Å². The van der Waals surface area contributed by atoms with Crippen LogP contribution in [0.3, 0.4) is 0 Å². The summed E-state index contributed by atoms with van der Waals surface area (Å²) in [6.45, 7) is 8.46. The average molecular weight is 673 g/mol. The molecule has 10 heteroatoms. The molecular formula is C39H60N8O2. The molecule has 2 aliphatic rings. The second-order valence-corrected chi connectivity index (χ2v) is 13.7. The molecular weight excluding hydrogens is 612 g/mol. The minimum Gasteiger partial charge on any atom is -0.341 e. The van der Waals surface area contributed by atoms with Gasteiger partial charge >= 0.3 is 0 Å². The van der Waals surface area contributed by atoms with Crippen LogP contribution in [-0.4, -0.2) is 95.2 Å². The quantitative estimate of drug-likeness (QED) is 0.100. The van der Waals surface area contributed by atoms with Gasteiger partial charge in [-0.25, -0.2) is 0 Å². The summed E-state index contributed by atoms with van der Waals surface area (Å²) >= 11 is 0. The van der Waals surface area contributed by atoms with E-state index < -0.39 is 0 Å². The number of nitrogens with one attached hydrogen (secondary N) is 4. The van der Waals surface area contributed by atoms with Crippen molar-refractivity contribution in [3.8, 4) is 0 Å². The van der Waals surface area contributed by atoms with Gasteiger partial charge in [0.25, 0.3) is 0 Å². The molecule has 4 rings (SSSR count). The summed E-state index contributed by atoms with van der Waals surface area (Å²) in [6, 6.07) is 17.7. The predicted molar refractivity (Wildman–Crippen MR) is 201 cm³/mol. The maximum Gasteiger partial charge on any atom is 0.244 e. The van der Waals surface area contributed by atoms with Crippen molar-refractivity contribution in [1.82, 2.24) is 19.6 Å². The molecule has 2 aliphatic heterocycles. The summed E-state index contributed by atoms with van der Waals surface area (Å²) < 4.78 is 0. The Morgan fingerprint density at radius 1 is 0.653 bits per heavy atom. The van der Waals surface area contributed by atoms with Gasteiger partial charge in [0.15, 0.2) is 11.9 Å². The first-order valence-electron chi connectivity index (χ1n) is 18.8. The van der Waals surface area contributed by atoms with Gasteiger partial charge < -0.3 is 30.2 Å². The largest absolute Gasteiger partial charge is 0.341 e. The minimum atomic E-state index is -0.191. The second-order valence-electron chi connectivity index (χ2n) is 13.7. The fourth-order valence-corrected chi connectivity index (χ4v) is 6.88. The van der Waals surface area contributed by atoms with Crippen LogP contribution < -0.4 is 10.6 Å². The molecule has 10 nitrogen and oxygen atoms in total. The number of nitrogens with zero attached hydrogens (tertiary/aromatic N) is 4. The molecule has 1 atom stereocenters. The topological polar surface area (TPSA) is 119 Å². The van der Waals surface area contributed by atoms with Crippen LogP contribution >= 0.6 is 0 Å². The van der Waals surface area contributed by atoms with Crippen molar-refractivity contribution in [1.29, 1.82) is 10.8 Å². The lowest BCUT2D eigenvalue weighted by Gasteiger charge is -2.25. The standard InChI is InChI=1S/C39H60N8O2/c1-3-5-7-9-11-16-23-44-25-26-45(38(44)40)30-36(48)42-33-21-18-22-34(28-33)43-37(49)31-46-29-35(27-32-19-14-13-15-20-32)47(39(46)41)24-17-12-10-8-6-4-2/h13-15,18-22,28,35,40-41H,3-12,16-17,23-27,29-31H2,1-2H3,(H,42,48)(H,43,49). The molecule has 0 bridgehead atoms. The van der Waals surface area contributed by atoms with E-state index in [-0.39, 0.29) is 30.9 Å². The van der Waals surface area contributed by atoms with Gasteiger partial charge in [-0.2, -0.15) is 0 Å². The van der Waals surface area contributed by atoms with Gasteiger partial charge in [0.1, 0.15) is 13.1 Å². The molecule has 2 aromatic carbocycles. The molecule has 0 aliphatic carbocycles. The summed E-state index contributed by atoms with van der Waals surface area (Å²) in [5.41, 5.74) is 2.43. The Balaban J connectivity index is 1.24. The highest BCUT2D eigenvalue weighted by atomic mass is 16.2. The normalized spacial score (nSPS) is 16.2. The van der Waals surface area contributed by atoms with Crippen LogP contribution in [0.5, 0.6) is 0 Å². The SMILES string of the molecule is CCCCCCCCN1CCN(CC(=O)Nc2cccc(NC(=O)CN3CC(Cc4ccccc4)N(CCCCCCCC)C3=N)c2)C1=N. The van der Waals surface area contributed by atoms with E-state index in [2.05, 4.69) is 58.5 Å². The monoisotopic (exact) mass is 672 g/mol. The molecule has 2 amide bonds. The summed E-state index contributed by atoms with van der Waals surface area (Å²) in [7, 11) is 0. The van der Waals surface area contributed by atoms with Crippen molar-refractivity contribution >= 4 is 35.1 Å². The van der Waals surface area contributed by atoms with Gasteiger partial charge in [-0.05, 0) is 43.0 Å². The molecule has 0 radical (unpaired) electrons. The molecule has 2 aromatic rings. The first-order valence-corrected chi connectivity index (χ1v) is 18.8. The molecule has 0 spiro atoms. The summed E-state index contributed by atoms with van der Waals surface area (Å²) in [5.74, 6) is 0.469. The molecule has 2 heterocycles. The summed E-state index contributed by atoms with van der Waals surface area (Å²) in [5, 5.41) is 23.4. The lowest BCUT2D eigenvalue weighted by atomic mass is 10.0. The first-order chi connectivity index (χ1) is 23.9. The molecule has 2 saturated heterocycles. The van der Waals surface area contributed by atoms with Gasteiger partial charge in [0, 0.05) is 44.1 Å². The Kier molecular flexibility index (Phi) is 15.7. The fraction of sp³-hybridized carbons (Fsp3) is 0.590. The van der Waals surface area contributed by atoms with E-state index in [1.54, 1.807) is 18.2 Å². The van der Waals surface area contributed by atoms with Crippen LogP contribution in [0.1, 0.15) is 96.5 Å². The van der Waals surface area contributed by atoms with Crippen molar-refractivity contribution in [3.05, 3.63) is 60.2 Å². The van der Waals surface area contributed by atoms with E-state index in [1.165, 1.54) is 63.4 Å². The lowest BCUT2D eigenvalue weighted by Crippen LogP contribution is -2.39. The number of guanidine groups is 2. The van der Waals surface area contributed by atoms with Gasteiger partial charge in [-0.15, -0.1) is 0 Å². The number of carbonyl (C=O) groups excluding carboxylic acids is 2. The highest BCUT2D eigenvalue weighted by Gasteiger charge is 2.35. The predicted octanol–water partition coefficient (Wildman–Crippen LogP) is 7.00. The van der Waals surface area contributed by atoms with Crippen molar-refractivity contribution in [2.45, 2.75) is 103 Å². The zero-order valence-corrected chi connectivity index (χ0v) is 30.0. The van der Waals surface area contributed by atoms with Crippen molar-refractivity contribution < 1.29 is 9.59 Å². The van der Waals surface area contributed by atoms with Crippen molar-refractivity contribution in [3.63, 3.8) is 0 Å². The molecule has 49 heavy (non-hydrogen) atoms. The Hall–Kier alpha value is -4.08. The molecule has 1 unspecified atom stereocenters. The van der Waals surface area contributed by atoms with Gasteiger partial charge in [0.05, 0.1) is 6.04 Å². The highest BCUT2D eigenvalue weighted by Crippen LogP contribution is 2.22. The third-order valence-electron chi connectivity index (χ3n) is 9.63. The van der Waals surface area contributed by atoms with E-state index in [1.807, 2.05) is 21.9 Å². The number of hydrogen-bond donors (Lipinski definition) is 4. The van der Waals surface area contributed by atoms with Gasteiger partial charge in [-0.1, -0.05) is 114 Å². The van der Waals surface area contributed by atoms with Gasteiger partial charge in [0.2, 0.25) is 11.8 Å². The Labute approximate surface area is 294 Å². The van der Waals surface area contributed by atoms with E-state index in [9.17, 15) is 9.59 Å². The maximum absolute atomic E-state index is 13.2. The van der Waals surface area contributed by atoms with Crippen LogP contribution in [0.4, 0.5) is 11.4 Å². The third-order valence-corrected chi connectivity index (χ3v) is 9.63. The minimum absolute atomic E-state index is 0.0972. The fourth-order valence-electron chi connectivity index (χ4n) is 6.88.